The average Bonchev–Trinajstić information content (AvgIpc) is 3.36. The van der Waals surface area contributed by atoms with Crippen molar-refractivity contribution in [1.29, 1.82) is 5.26 Å². The van der Waals surface area contributed by atoms with E-state index in [0.29, 0.717) is 28.7 Å². The van der Waals surface area contributed by atoms with Gasteiger partial charge in [-0.15, -0.1) is 0 Å². The van der Waals surface area contributed by atoms with E-state index in [4.69, 9.17) is 4.42 Å². The molecule has 0 unspecified atom stereocenters. The number of aryl methyl sites for hydroxylation is 2. The molecule has 7 aromatic rings. The maximum Gasteiger partial charge on any atom is 0.216 e. The van der Waals surface area contributed by atoms with Gasteiger partial charge in [0.15, 0.2) is 6.20 Å². The summed E-state index contributed by atoms with van der Waals surface area (Å²) in [5, 5.41) is 16.1. The maximum absolute atomic E-state index is 10.3. The molecule has 0 N–H and O–H groups in total. The Hall–Kier alpha value is -4.94. The van der Waals surface area contributed by atoms with E-state index < -0.39 is 0 Å². The molecule has 0 saturated carbocycles. The fraction of sp³-hybridized carbons (Fsp3) is 0.135. The van der Waals surface area contributed by atoms with Gasteiger partial charge in [-0.25, -0.2) is 4.57 Å². The lowest BCUT2D eigenvalue weighted by molar-refractivity contribution is -0.660. The minimum absolute atomic E-state index is 0.399. The summed E-state index contributed by atoms with van der Waals surface area (Å²) in [6.45, 7) is 6.51. The summed E-state index contributed by atoms with van der Waals surface area (Å²) in [6.07, 6.45) is 2.19. The Morgan fingerprint density at radius 3 is 2.17 bits per heavy atom. The number of furan rings is 1. The van der Waals surface area contributed by atoms with Gasteiger partial charge in [0, 0.05) is 28.0 Å². The molecule has 3 nitrogen and oxygen atoms in total. The molecule has 0 spiro atoms. The van der Waals surface area contributed by atoms with Gasteiger partial charge in [0.25, 0.3) is 0 Å². The van der Waals surface area contributed by atoms with E-state index in [2.05, 4.69) is 81.1 Å². The molecular formula is C37H29N2O+. The molecule has 2 aromatic heterocycles. The highest BCUT2D eigenvalue weighted by Crippen LogP contribution is 2.44. The largest absolute Gasteiger partial charge is 0.454 e. The van der Waals surface area contributed by atoms with Crippen LogP contribution < -0.4 is 4.57 Å². The topological polar surface area (TPSA) is 40.8 Å². The van der Waals surface area contributed by atoms with Gasteiger partial charge in [-0.3, -0.25) is 0 Å². The normalized spacial score (nSPS) is 12.1. The molecule has 0 aliphatic heterocycles. The average molecular weight is 519 g/mol. The Kier molecular flexibility index (Phi) is 5.21. The SMILES string of the molecule is [2H]c1c(-c2c(C#N)ccc3c2oc2c(-c4ccc(C(C)C)c[n+]4C)c(C)ccc23)c2ccccc2c2ccccc12. The number of aromatic nitrogens is 1. The lowest BCUT2D eigenvalue weighted by atomic mass is 9.90. The van der Waals surface area contributed by atoms with Gasteiger partial charge in [0.1, 0.15) is 18.2 Å². The van der Waals surface area contributed by atoms with E-state index >= 15 is 0 Å². The highest BCUT2D eigenvalue weighted by atomic mass is 16.3. The van der Waals surface area contributed by atoms with E-state index in [1.165, 1.54) is 5.56 Å². The Balaban J connectivity index is 1.62. The van der Waals surface area contributed by atoms with Crippen molar-refractivity contribution in [1.82, 2.24) is 0 Å². The first-order chi connectivity index (χ1) is 19.9. The first-order valence-electron chi connectivity index (χ1n) is 14.2. The van der Waals surface area contributed by atoms with Crippen LogP contribution in [0.2, 0.25) is 0 Å². The summed E-state index contributed by atoms with van der Waals surface area (Å²) < 4.78 is 18.4. The molecule has 0 saturated heterocycles. The number of nitrogens with zero attached hydrogens (tertiary/aromatic N) is 2. The van der Waals surface area contributed by atoms with E-state index in [1.807, 2.05) is 48.5 Å². The number of hydrogen-bond donors (Lipinski definition) is 0. The second-order valence-corrected chi connectivity index (χ2v) is 10.9. The molecular weight excluding hydrogens is 488 g/mol. The molecule has 0 aliphatic carbocycles. The number of nitriles is 1. The van der Waals surface area contributed by atoms with E-state index in [-0.39, 0.29) is 0 Å². The van der Waals surface area contributed by atoms with Gasteiger partial charge in [-0.1, -0.05) is 74.5 Å². The molecule has 7 rings (SSSR count). The number of fused-ring (bicyclic) bond motifs is 6. The highest BCUT2D eigenvalue weighted by Gasteiger charge is 2.24. The van der Waals surface area contributed by atoms with Crippen molar-refractivity contribution in [3.8, 4) is 28.5 Å². The third kappa shape index (κ3) is 3.53. The van der Waals surface area contributed by atoms with Gasteiger partial charge in [-0.2, -0.15) is 5.26 Å². The van der Waals surface area contributed by atoms with Crippen molar-refractivity contribution in [2.45, 2.75) is 26.7 Å². The van der Waals surface area contributed by atoms with Crippen LogP contribution >= 0.6 is 0 Å². The Morgan fingerprint density at radius 2 is 1.45 bits per heavy atom. The van der Waals surface area contributed by atoms with Gasteiger partial charge in [0.2, 0.25) is 5.69 Å². The number of pyridine rings is 1. The van der Waals surface area contributed by atoms with Gasteiger partial charge in [-0.05, 0) is 69.8 Å². The van der Waals surface area contributed by atoms with Crippen LogP contribution in [0.15, 0.2) is 102 Å². The highest BCUT2D eigenvalue weighted by molar-refractivity contribution is 6.19. The molecule has 0 bridgehead atoms. The minimum Gasteiger partial charge on any atom is -0.454 e. The molecule has 2 heterocycles. The van der Waals surface area contributed by atoms with Gasteiger partial charge in [0.05, 0.1) is 18.6 Å². The molecule has 0 radical (unpaired) electrons. The van der Waals surface area contributed by atoms with Crippen LogP contribution in [0.1, 0.15) is 37.8 Å². The zero-order chi connectivity index (χ0) is 28.4. The van der Waals surface area contributed by atoms with Crippen molar-refractivity contribution in [3.63, 3.8) is 0 Å². The molecule has 0 atom stereocenters. The smallest absolute Gasteiger partial charge is 0.216 e. The van der Waals surface area contributed by atoms with Crippen LogP contribution in [0.4, 0.5) is 0 Å². The van der Waals surface area contributed by atoms with Crippen molar-refractivity contribution in [3.05, 3.63) is 114 Å². The Labute approximate surface area is 234 Å². The quantitative estimate of drug-likeness (QED) is 0.173. The first kappa shape index (κ1) is 23.0. The second kappa shape index (κ2) is 9.07. The summed E-state index contributed by atoms with van der Waals surface area (Å²) >= 11 is 0. The standard InChI is InChI=1S/C37H29N2O/c1-22(2)26-15-18-33(39(4)21-26)34-23(3)13-16-30-31-17-14-25(20-38)35(37(31)40-36(30)34)32-19-24-9-5-6-10-27(24)28-11-7-8-12-29(28)32/h5-19,21-22H,1-4H3/q+1/i19D. The number of rotatable bonds is 3. The lowest BCUT2D eigenvalue weighted by Gasteiger charge is -2.12. The molecule has 0 fully saturated rings. The molecule has 0 amide bonds. The second-order valence-electron chi connectivity index (χ2n) is 10.9. The predicted molar refractivity (Wildman–Crippen MR) is 164 cm³/mol. The van der Waals surface area contributed by atoms with Gasteiger partial charge >= 0.3 is 0 Å². The van der Waals surface area contributed by atoms with Crippen LogP contribution in [0, 0.1) is 18.3 Å². The third-order valence-corrected chi connectivity index (χ3v) is 8.14. The summed E-state index contributed by atoms with van der Waals surface area (Å²) in [4.78, 5) is 0. The van der Waals surface area contributed by atoms with E-state index in [1.54, 1.807) is 0 Å². The van der Waals surface area contributed by atoms with Crippen LogP contribution in [-0.2, 0) is 7.05 Å². The zero-order valence-corrected chi connectivity index (χ0v) is 23.0. The number of hydrogen-bond acceptors (Lipinski definition) is 2. The van der Waals surface area contributed by atoms with Crippen molar-refractivity contribution in [2.24, 2.45) is 7.05 Å². The van der Waals surface area contributed by atoms with Crippen LogP contribution in [-0.4, -0.2) is 0 Å². The first-order valence-corrected chi connectivity index (χ1v) is 13.7. The molecule has 192 valence electrons. The predicted octanol–water partition coefficient (Wildman–Crippen LogP) is 9.35. The summed E-state index contributed by atoms with van der Waals surface area (Å²) in [6, 6.07) is 31.4. The third-order valence-electron chi connectivity index (χ3n) is 8.14. The monoisotopic (exact) mass is 518 g/mol. The van der Waals surface area contributed by atoms with Crippen LogP contribution in [0.25, 0.3) is 65.9 Å². The lowest BCUT2D eigenvalue weighted by Crippen LogP contribution is -2.31. The summed E-state index contributed by atoms with van der Waals surface area (Å²) in [5.74, 6) is 0.432. The molecule has 40 heavy (non-hydrogen) atoms. The molecule has 3 heteroatoms. The van der Waals surface area contributed by atoms with Crippen LogP contribution in [0.3, 0.4) is 0 Å². The van der Waals surface area contributed by atoms with Crippen LogP contribution in [0.5, 0.6) is 0 Å². The fourth-order valence-electron chi connectivity index (χ4n) is 6.05. The minimum atomic E-state index is 0.399. The zero-order valence-electron chi connectivity index (χ0n) is 24.0. The molecule has 0 aliphatic rings. The van der Waals surface area contributed by atoms with Gasteiger partial charge < -0.3 is 4.42 Å². The van der Waals surface area contributed by atoms with Crippen molar-refractivity contribution in [2.75, 3.05) is 0 Å². The van der Waals surface area contributed by atoms with Crippen molar-refractivity contribution < 1.29 is 10.4 Å². The van der Waals surface area contributed by atoms with E-state index in [9.17, 15) is 6.63 Å². The number of benzene rings is 5. The Bertz CT molecular complexity index is 2230. The molecule has 5 aromatic carbocycles. The fourth-order valence-corrected chi connectivity index (χ4v) is 6.05. The maximum atomic E-state index is 10.3. The summed E-state index contributed by atoms with van der Waals surface area (Å²) in [7, 11) is 2.08. The summed E-state index contributed by atoms with van der Waals surface area (Å²) in [5.41, 5.74) is 7.83. The van der Waals surface area contributed by atoms with E-state index in [0.717, 1.165) is 60.3 Å². The van der Waals surface area contributed by atoms with Crippen molar-refractivity contribution >= 4 is 43.5 Å². The Morgan fingerprint density at radius 1 is 0.775 bits per heavy atom.